The van der Waals surface area contributed by atoms with Crippen molar-refractivity contribution in [3.05, 3.63) is 51.6 Å². The summed E-state index contributed by atoms with van der Waals surface area (Å²) in [5.74, 6) is 0. The van der Waals surface area contributed by atoms with Crippen LogP contribution in [-0.2, 0) is 9.47 Å². The molecule has 0 spiro atoms. The maximum absolute atomic E-state index is 10.9. The predicted molar refractivity (Wildman–Crippen MR) is 64.0 cm³/mol. The quantitative estimate of drug-likeness (QED) is 0.340. The first-order chi connectivity index (χ1) is 8.10. The fourth-order valence-corrected chi connectivity index (χ4v) is 1.53. The third kappa shape index (κ3) is 3.52. The van der Waals surface area contributed by atoms with Gasteiger partial charge >= 0.3 is 0 Å². The van der Waals surface area contributed by atoms with Gasteiger partial charge in [0, 0.05) is 18.2 Å². The van der Waals surface area contributed by atoms with Crippen LogP contribution in [0.2, 0.25) is 5.02 Å². The molecule has 0 bridgehead atoms. The summed E-state index contributed by atoms with van der Waals surface area (Å²) >= 11 is 5.81. The van der Waals surface area contributed by atoms with Gasteiger partial charge in [0.2, 0.25) is 0 Å². The van der Waals surface area contributed by atoms with E-state index in [0.29, 0.717) is 10.6 Å². The van der Waals surface area contributed by atoms with Gasteiger partial charge in [0.05, 0.1) is 10.5 Å². The van der Waals surface area contributed by atoms with Gasteiger partial charge in [-0.3, -0.25) is 10.1 Å². The average molecular weight is 258 g/mol. The van der Waals surface area contributed by atoms with Gasteiger partial charge in [0.1, 0.15) is 12.9 Å². The van der Waals surface area contributed by atoms with Gasteiger partial charge in [-0.15, -0.1) is 6.58 Å². The van der Waals surface area contributed by atoms with E-state index >= 15 is 0 Å². The molecule has 1 aromatic rings. The van der Waals surface area contributed by atoms with Gasteiger partial charge < -0.3 is 9.47 Å². The first-order valence-electron chi connectivity index (χ1n) is 4.77. The lowest BCUT2D eigenvalue weighted by molar-refractivity contribution is -0.386. The van der Waals surface area contributed by atoms with Crippen molar-refractivity contribution in [2.45, 2.75) is 6.10 Å². The minimum atomic E-state index is -0.631. The topological polar surface area (TPSA) is 61.6 Å². The van der Waals surface area contributed by atoms with E-state index in [1.165, 1.54) is 31.4 Å². The molecule has 17 heavy (non-hydrogen) atoms. The fourth-order valence-electron chi connectivity index (χ4n) is 1.35. The van der Waals surface area contributed by atoms with Crippen LogP contribution in [0.1, 0.15) is 11.7 Å². The summed E-state index contributed by atoms with van der Waals surface area (Å²) in [5, 5.41) is 11.3. The molecule has 0 fully saturated rings. The molecule has 1 unspecified atom stereocenters. The van der Waals surface area contributed by atoms with Crippen molar-refractivity contribution < 1.29 is 14.4 Å². The van der Waals surface area contributed by atoms with Crippen LogP contribution < -0.4 is 0 Å². The van der Waals surface area contributed by atoms with E-state index in [-0.39, 0.29) is 12.5 Å². The lowest BCUT2D eigenvalue weighted by Crippen LogP contribution is -2.06. The highest BCUT2D eigenvalue weighted by molar-refractivity contribution is 6.30. The van der Waals surface area contributed by atoms with Crippen molar-refractivity contribution in [3.8, 4) is 0 Å². The zero-order valence-corrected chi connectivity index (χ0v) is 10.0. The number of hydrogen-bond acceptors (Lipinski definition) is 4. The van der Waals surface area contributed by atoms with Gasteiger partial charge in [-0.1, -0.05) is 17.7 Å². The van der Waals surface area contributed by atoms with E-state index in [1.54, 1.807) is 0 Å². The first-order valence-corrected chi connectivity index (χ1v) is 5.15. The molecule has 0 heterocycles. The van der Waals surface area contributed by atoms with Gasteiger partial charge in [0.25, 0.3) is 5.69 Å². The van der Waals surface area contributed by atoms with Crippen molar-refractivity contribution in [3.63, 3.8) is 0 Å². The summed E-state index contributed by atoms with van der Waals surface area (Å²) in [4.78, 5) is 10.4. The molecule has 1 atom stereocenters. The maximum atomic E-state index is 10.9. The molecule has 6 heteroatoms. The SMILES string of the molecule is C=CC(OCOC)c1cc(Cl)ccc1[N+](=O)[O-]. The zero-order chi connectivity index (χ0) is 12.8. The Morgan fingerprint density at radius 2 is 2.35 bits per heavy atom. The van der Waals surface area contributed by atoms with Crippen molar-refractivity contribution in [2.75, 3.05) is 13.9 Å². The van der Waals surface area contributed by atoms with Crippen LogP contribution in [-0.4, -0.2) is 18.8 Å². The number of ether oxygens (including phenoxy) is 2. The largest absolute Gasteiger partial charge is 0.359 e. The number of nitro benzene ring substituents is 1. The Balaban J connectivity index is 3.11. The van der Waals surface area contributed by atoms with Gasteiger partial charge in [0.15, 0.2) is 0 Å². The Morgan fingerprint density at radius 1 is 1.65 bits per heavy atom. The highest BCUT2D eigenvalue weighted by Gasteiger charge is 2.20. The van der Waals surface area contributed by atoms with Crippen molar-refractivity contribution in [1.29, 1.82) is 0 Å². The molecular formula is C11H12ClNO4. The molecule has 0 aliphatic carbocycles. The number of halogens is 1. The summed E-state index contributed by atoms with van der Waals surface area (Å²) < 4.78 is 10.0. The fraction of sp³-hybridized carbons (Fsp3) is 0.273. The molecule has 1 rings (SSSR count). The molecular weight excluding hydrogens is 246 g/mol. The minimum Gasteiger partial charge on any atom is -0.359 e. The van der Waals surface area contributed by atoms with E-state index in [1.807, 2.05) is 0 Å². The van der Waals surface area contributed by atoms with Gasteiger partial charge in [-0.25, -0.2) is 0 Å². The molecule has 0 aromatic heterocycles. The smallest absolute Gasteiger partial charge is 0.275 e. The molecule has 5 nitrogen and oxygen atoms in total. The Hall–Kier alpha value is -1.43. The molecule has 0 radical (unpaired) electrons. The number of rotatable bonds is 6. The molecule has 0 saturated carbocycles. The average Bonchev–Trinajstić information content (AvgIpc) is 2.29. The number of hydrogen-bond donors (Lipinski definition) is 0. The van der Waals surface area contributed by atoms with Crippen LogP contribution in [0.25, 0.3) is 0 Å². The van der Waals surface area contributed by atoms with Crippen LogP contribution in [0.4, 0.5) is 5.69 Å². The van der Waals surface area contributed by atoms with Crippen molar-refractivity contribution in [1.82, 2.24) is 0 Å². The molecule has 0 aliphatic heterocycles. The third-order valence-electron chi connectivity index (χ3n) is 2.07. The van der Waals surface area contributed by atoms with Crippen molar-refractivity contribution >= 4 is 17.3 Å². The van der Waals surface area contributed by atoms with Crippen LogP contribution in [0.5, 0.6) is 0 Å². The Bertz CT molecular complexity index is 422. The Morgan fingerprint density at radius 3 is 2.88 bits per heavy atom. The van der Waals surface area contributed by atoms with E-state index in [4.69, 9.17) is 21.1 Å². The number of nitrogens with zero attached hydrogens (tertiary/aromatic N) is 1. The highest BCUT2D eigenvalue weighted by atomic mass is 35.5. The van der Waals surface area contributed by atoms with Crippen LogP contribution in [0.3, 0.4) is 0 Å². The Labute approximate surface area is 104 Å². The minimum absolute atomic E-state index is 0.0142. The molecule has 0 amide bonds. The second-order valence-electron chi connectivity index (χ2n) is 3.19. The normalized spacial score (nSPS) is 12.1. The number of benzene rings is 1. The molecule has 0 saturated heterocycles. The zero-order valence-electron chi connectivity index (χ0n) is 9.26. The predicted octanol–water partition coefficient (Wildman–Crippen LogP) is 3.10. The summed E-state index contributed by atoms with van der Waals surface area (Å²) in [6, 6.07) is 4.28. The lowest BCUT2D eigenvalue weighted by Gasteiger charge is -2.13. The van der Waals surface area contributed by atoms with E-state index < -0.39 is 11.0 Å². The van der Waals surface area contributed by atoms with Crippen LogP contribution in [0, 0.1) is 10.1 Å². The Kier molecular flexibility index (Phi) is 5.09. The summed E-state index contributed by atoms with van der Waals surface area (Å²) in [6.45, 7) is 3.59. The summed E-state index contributed by atoms with van der Waals surface area (Å²) in [5.41, 5.74) is 0.296. The first kappa shape index (κ1) is 13.6. The van der Waals surface area contributed by atoms with Gasteiger partial charge in [-0.2, -0.15) is 0 Å². The summed E-state index contributed by atoms with van der Waals surface area (Å²) in [6.07, 6.45) is 0.826. The molecule has 0 aliphatic rings. The monoisotopic (exact) mass is 257 g/mol. The van der Waals surface area contributed by atoms with Crippen molar-refractivity contribution in [2.24, 2.45) is 0 Å². The molecule has 1 aromatic carbocycles. The molecule has 92 valence electrons. The number of methoxy groups -OCH3 is 1. The lowest BCUT2D eigenvalue weighted by atomic mass is 10.1. The summed E-state index contributed by atoms with van der Waals surface area (Å²) in [7, 11) is 1.46. The standard InChI is InChI=1S/C11H12ClNO4/c1-3-11(17-7-16-2)9-6-8(12)4-5-10(9)13(14)15/h3-6,11H,1,7H2,2H3. The second-order valence-corrected chi connectivity index (χ2v) is 3.63. The van der Waals surface area contributed by atoms with E-state index in [0.717, 1.165) is 0 Å². The van der Waals surface area contributed by atoms with Crippen LogP contribution >= 0.6 is 11.6 Å². The van der Waals surface area contributed by atoms with Gasteiger partial charge in [-0.05, 0) is 12.1 Å². The third-order valence-corrected chi connectivity index (χ3v) is 2.31. The van der Waals surface area contributed by atoms with Crippen LogP contribution in [0.15, 0.2) is 30.9 Å². The maximum Gasteiger partial charge on any atom is 0.275 e. The van der Waals surface area contributed by atoms with E-state index in [2.05, 4.69) is 6.58 Å². The number of nitro groups is 1. The van der Waals surface area contributed by atoms with E-state index in [9.17, 15) is 10.1 Å². The molecule has 0 N–H and O–H groups in total. The second kappa shape index (κ2) is 6.34. The highest BCUT2D eigenvalue weighted by Crippen LogP contribution is 2.30.